The van der Waals surface area contributed by atoms with E-state index in [1.54, 1.807) is 0 Å². The van der Waals surface area contributed by atoms with Gasteiger partial charge in [-0.05, 0) is 11.6 Å². The van der Waals surface area contributed by atoms with Crippen LogP contribution in [0.1, 0.15) is 5.56 Å². The number of carbonyl (C=O) groups excluding carboxylic acids is 1. The van der Waals surface area contributed by atoms with Crippen molar-refractivity contribution in [3.8, 4) is 0 Å². The third-order valence-electron chi connectivity index (χ3n) is 2.15. The fourth-order valence-corrected chi connectivity index (χ4v) is 1.67. The molecular formula is C10H10ClNO2. The highest BCUT2D eigenvalue weighted by Crippen LogP contribution is 2.18. The summed E-state index contributed by atoms with van der Waals surface area (Å²) in [6.07, 6.45) is 0.225. The molecule has 1 N–H and O–H groups in total. The molecule has 1 fully saturated rings. The number of halogens is 1. The third kappa shape index (κ3) is 1.99. The van der Waals surface area contributed by atoms with Crippen molar-refractivity contribution in [3.63, 3.8) is 0 Å². The number of cyclic esters (lactones) is 1. The van der Waals surface area contributed by atoms with Crippen molar-refractivity contribution in [2.75, 3.05) is 6.54 Å². The van der Waals surface area contributed by atoms with Gasteiger partial charge in [0.15, 0.2) is 0 Å². The average molecular weight is 212 g/mol. The van der Waals surface area contributed by atoms with E-state index in [0.717, 1.165) is 10.6 Å². The zero-order chi connectivity index (χ0) is 9.97. The van der Waals surface area contributed by atoms with Gasteiger partial charge in [-0.2, -0.15) is 0 Å². The summed E-state index contributed by atoms with van der Waals surface area (Å²) in [5, 5.41) is 3.32. The Labute approximate surface area is 87.0 Å². The van der Waals surface area contributed by atoms with Crippen LogP contribution in [0.15, 0.2) is 24.3 Å². The summed E-state index contributed by atoms with van der Waals surface area (Å²) in [5.74, 6) is 0. The number of amides is 1. The summed E-state index contributed by atoms with van der Waals surface area (Å²) in [6, 6.07) is 7.58. The van der Waals surface area contributed by atoms with Crippen LogP contribution in [0.4, 0.5) is 4.79 Å². The second kappa shape index (κ2) is 3.88. The molecule has 1 aliphatic heterocycles. The Hall–Kier alpha value is -1.22. The van der Waals surface area contributed by atoms with Gasteiger partial charge in [0.05, 0.1) is 6.54 Å². The molecule has 1 amide bonds. The number of alkyl carbamates (subject to hydrolysis) is 1. The smallest absolute Gasteiger partial charge is 0.407 e. The monoisotopic (exact) mass is 211 g/mol. The second-order valence-electron chi connectivity index (χ2n) is 3.20. The molecule has 0 saturated carbocycles. The first kappa shape index (κ1) is 9.34. The predicted molar refractivity (Wildman–Crippen MR) is 53.4 cm³/mol. The van der Waals surface area contributed by atoms with Crippen LogP contribution < -0.4 is 5.32 Å². The minimum Gasteiger partial charge on any atom is -0.444 e. The Morgan fingerprint density at radius 1 is 1.50 bits per heavy atom. The highest BCUT2D eigenvalue weighted by Gasteiger charge is 2.22. The largest absolute Gasteiger partial charge is 0.444 e. The molecule has 0 spiro atoms. The van der Waals surface area contributed by atoms with E-state index in [9.17, 15) is 4.79 Å². The molecule has 0 aliphatic carbocycles. The maximum atomic E-state index is 10.8. The molecular weight excluding hydrogens is 202 g/mol. The summed E-state index contributed by atoms with van der Waals surface area (Å²) >= 11 is 5.98. The topological polar surface area (TPSA) is 38.3 Å². The summed E-state index contributed by atoms with van der Waals surface area (Å²) < 4.78 is 5.01. The van der Waals surface area contributed by atoms with Crippen molar-refractivity contribution < 1.29 is 9.53 Å². The Bertz CT molecular complexity index is 354. The summed E-state index contributed by atoms with van der Waals surface area (Å²) in [7, 11) is 0. The molecule has 1 atom stereocenters. The highest BCUT2D eigenvalue weighted by molar-refractivity contribution is 6.31. The van der Waals surface area contributed by atoms with Gasteiger partial charge in [0.1, 0.15) is 6.10 Å². The van der Waals surface area contributed by atoms with Crippen molar-refractivity contribution in [2.45, 2.75) is 12.5 Å². The lowest BCUT2D eigenvalue weighted by Gasteiger charge is -2.08. The molecule has 1 saturated heterocycles. The van der Waals surface area contributed by atoms with Gasteiger partial charge in [0.2, 0.25) is 0 Å². The van der Waals surface area contributed by atoms with Gasteiger partial charge in [-0.15, -0.1) is 0 Å². The van der Waals surface area contributed by atoms with Gasteiger partial charge in [-0.3, -0.25) is 0 Å². The lowest BCUT2D eigenvalue weighted by Crippen LogP contribution is -2.17. The van der Waals surface area contributed by atoms with Gasteiger partial charge in [-0.1, -0.05) is 29.8 Å². The summed E-state index contributed by atoms with van der Waals surface area (Å²) in [4.78, 5) is 10.8. The fraction of sp³-hybridized carbons (Fsp3) is 0.300. The number of benzene rings is 1. The van der Waals surface area contributed by atoms with Crippen molar-refractivity contribution in [2.24, 2.45) is 0 Å². The predicted octanol–water partition coefficient (Wildman–Crippen LogP) is 1.99. The number of hydrogen-bond acceptors (Lipinski definition) is 2. The van der Waals surface area contributed by atoms with E-state index in [1.165, 1.54) is 0 Å². The quantitative estimate of drug-likeness (QED) is 0.813. The maximum Gasteiger partial charge on any atom is 0.407 e. The van der Waals surface area contributed by atoms with Gasteiger partial charge in [0.25, 0.3) is 0 Å². The van der Waals surface area contributed by atoms with E-state index in [-0.39, 0.29) is 12.2 Å². The van der Waals surface area contributed by atoms with Crippen LogP contribution in [0.3, 0.4) is 0 Å². The molecule has 0 aromatic heterocycles. The van der Waals surface area contributed by atoms with Crippen LogP contribution in [0, 0.1) is 0 Å². The number of rotatable bonds is 2. The minimum absolute atomic E-state index is 0.0950. The Balaban J connectivity index is 2.04. The first-order chi connectivity index (χ1) is 6.75. The summed E-state index contributed by atoms with van der Waals surface area (Å²) in [5.41, 5.74) is 1.01. The number of nitrogens with one attached hydrogen (secondary N) is 1. The van der Waals surface area contributed by atoms with Crippen LogP contribution in [-0.2, 0) is 11.2 Å². The standard InChI is InChI=1S/C10H10ClNO2/c11-9-4-2-1-3-7(9)5-8-6-12-10(13)14-8/h1-4,8H,5-6H2,(H,12,13). The van der Waals surface area contributed by atoms with E-state index in [0.29, 0.717) is 13.0 Å². The number of carbonyl (C=O) groups is 1. The van der Waals surface area contributed by atoms with Gasteiger partial charge >= 0.3 is 6.09 Å². The van der Waals surface area contributed by atoms with E-state index in [1.807, 2.05) is 24.3 Å². The Morgan fingerprint density at radius 3 is 2.93 bits per heavy atom. The molecule has 1 unspecified atom stereocenters. The minimum atomic E-state index is -0.345. The van der Waals surface area contributed by atoms with E-state index < -0.39 is 0 Å². The van der Waals surface area contributed by atoms with Crippen molar-refractivity contribution in [3.05, 3.63) is 34.9 Å². The lowest BCUT2D eigenvalue weighted by atomic mass is 10.1. The van der Waals surface area contributed by atoms with Crippen LogP contribution in [0.25, 0.3) is 0 Å². The first-order valence-electron chi connectivity index (χ1n) is 4.43. The van der Waals surface area contributed by atoms with Crippen LogP contribution in [0.2, 0.25) is 5.02 Å². The van der Waals surface area contributed by atoms with Crippen molar-refractivity contribution >= 4 is 17.7 Å². The molecule has 2 rings (SSSR count). The molecule has 1 aromatic carbocycles. The van der Waals surface area contributed by atoms with Crippen LogP contribution in [0.5, 0.6) is 0 Å². The molecule has 74 valence electrons. The fourth-order valence-electron chi connectivity index (χ4n) is 1.45. The molecule has 4 heteroatoms. The molecule has 1 aromatic rings. The second-order valence-corrected chi connectivity index (χ2v) is 3.61. The third-order valence-corrected chi connectivity index (χ3v) is 2.52. The zero-order valence-electron chi connectivity index (χ0n) is 7.50. The van der Waals surface area contributed by atoms with Gasteiger partial charge in [0, 0.05) is 11.4 Å². The SMILES string of the molecule is O=C1NCC(Cc2ccccc2Cl)O1. The van der Waals surface area contributed by atoms with Crippen molar-refractivity contribution in [1.82, 2.24) is 5.32 Å². The number of hydrogen-bond donors (Lipinski definition) is 1. The van der Waals surface area contributed by atoms with E-state index in [2.05, 4.69) is 5.32 Å². The molecule has 14 heavy (non-hydrogen) atoms. The van der Waals surface area contributed by atoms with Gasteiger partial charge < -0.3 is 10.1 Å². The number of ether oxygens (including phenoxy) is 1. The van der Waals surface area contributed by atoms with Crippen molar-refractivity contribution in [1.29, 1.82) is 0 Å². The lowest BCUT2D eigenvalue weighted by molar-refractivity contribution is 0.140. The molecule has 1 aliphatic rings. The molecule has 3 nitrogen and oxygen atoms in total. The Morgan fingerprint density at radius 2 is 2.29 bits per heavy atom. The van der Waals surface area contributed by atoms with Crippen LogP contribution >= 0.6 is 11.6 Å². The van der Waals surface area contributed by atoms with Crippen LogP contribution in [-0.4, -0.2) is 18.7 Å². The zero-order valence-corrected chi connectivity index (χ0v) is 8.25. The molecule has 0 radical (unpaired) electrons. The highest BCUT2D eigenvalue weighted by atomic mass is 35.5. The van der Waals surface area contributed by atoms with Gasteiger partial charge in [-0.25, -0.2) is 4.79 Å². The molecule has 1 heterocycles. The first-order valence-corrected chi connectivity index (χ1v) is 4.81. The summed E-state index contributed by atoms with van der Waals surface area (Å²) in [6.45, 7) is 0.560. The van der Waals surface area contributed by atoms with E-state index >= 15 is 0 Å². The maximum absolute atomic E-state index is 10.8. The van der Waals surface area contributed by atoms with E-state index in [4.69, 9.17) is 16.3 Å². The normalized spacial score (nSPS) is 20.4. The molecule has 0 bridgehead atoms. The Kier molecular flexibility index (Phi) is 2.59. The average Bonchev–Trinajstić information content (AvgIpc) is 2.56.